The van der Waals surface area contributed by atoms with Gasteiger partial charge in [0.2, 0.25) is 15.9 Å². The van der Waals surface area contributed by atoms with Gasteiger partial charge in [0.15, 0.2) is 0 Å². The van der Waals surface area contributed by atoms with Gasteiger partial charge in [0.05, 0.1) is 11.4 Å². The van der Waals surface area contributed by atoms with Crippen molar-refractivity contribution in [1.82, 2.24) is 9.62 Å². The number of sulfonamides is 1. The molecular formula is C24H34N2O3S. The zero-order valence-corrected chi connectivity index (χ0v) is 19.6. The Balaban J connectivity index is 2.32. The van der Waals surface area contributed by atoms with Gasteiger partial charge in [-0.1, -0.05) is 61.4 Å². The molecule has 5 nitrogen and oxygen atoms in total. The molecule has 0 radical (unpaired) electrons. The highest BCUT2D eigenvalue weighted by molar-refractivity contribution is 7.89. The highest BCUT2D eigenvalue weighted by Gasteiger charge is 2.29. The number of nitrogens with one attached hydrogen (secondary N) is 1. The SMILES string of the molecule is CCC[C@@H](C)NC(=O)CN(CCc1ccccc1)S(=O)(=O)c1c(C)cc(C)cc1C. The van der Waals surface area contributed by atoms with E-state index in [0.29, 0.717) is 22.4 Å². The molecule has 0 bridgehead atoms. The van der Waals surface area contributed by atoms with E-state index in [1.807, 2.05) is 70.2 Å². The number of carbonyl (C=O) groups is 1. The number of rotatable bonds is 10. The first-order valence-corrected chi connectivity index (χ1v) is 12.0. The van der Waals surface area contributed by atoms with E-state index in [1.54, 1.807) is 0 Å². The van der Waals surface area contributed by atoms with Crippen LogP contribution in [0.4, 0.5) is 0 Å². The van der Waals surface area contributed by atoms with Gasteiger partial charge in [-0.15, -0.1) is 0 Å². The summed E-state index contributed by atoms with van der Waals surface area (Å²) in [6.45, 7) is 9.63. The lowest BCUT2D eigenvalue weighted by atomic mass is 10.1. The summed E-state index contributed by atoms with van der Waals surface area (Å²) in [5.74, 6) is -0.269. The number of hydrogen-bond acceptors (Lipinski definition) is 3. The maximum Gasteiger partial charge on any atom is 0.244 e. The topological polar surface area (TPSA) is 66.5 Å². The molecule has 1 amide bonds. The monoisotopic (exact) mass is 430 g/mol. The number of amides is 1. The van der Waals surface area contributed by atoms with E-state index >= 15 is 0 Å². The molecule has 0 unspecified atom stereocenters. The van der Waals surface area contributed by atoms with Crippen molar-refractivity contribution in [2.24, 2.45) is 0 Å². The molecule has 6 heteroatoms. The minimum atomic E-state index is -3.82. The van der Waals surface area contributed by atoms with Gasteiger partial charge in [-0.05, 0) is 57.2 Å². The fourth-order valence-corrected chi connectivity index (χ4v) is 5.68. The molecule has 0 aliphatic rings. The van der Waals surface area contributed by atoms with E-state index in [4.69, 9.17) is 0 Å². The molecule has 0 aromatic heterocycles. The molecule has 0 spiro atoms. The van der Waals surface area contributed by atoms with Crippen molar-refractivity contribution >= 4 is 15.9 Å². The third kappa shape index (κ3) is 6.41. The van der Waals surface area contributed by atoms with Crippen LogP contribution in [0.3, 0.4) is 0 Å². The van der Waals surface area contributed by atoms with Crippen molar-refractivity contribution in [2.45, 2.75) is 64.8 Å². The molecule has 2 aromatic rings. The normalized spacial score (nSPS) is 12.7. The first-order valence-electron chi connectivity index (χ1n) is 10.6. The predicted molar refractivity (Wildman–Crippen MR) is 122 cm³/mol. The maximum atomic E-state index is 13.6. The number of nitrogens with zero attached hydrogens (tertiary/aromatic N) is 1. The maximum absolute atomic E-state index is 13.6. The Hall–Kier alpha value is -2.18. The quantitative estimate of drug-likeness (QED) is 0.616. The van der Waals surface area contributed by atoms with Crippen LogP contribution in [0.15, 0.2) is 47.4 Å². The molecule has 0 fully saturated rings. The van der Waals surface area contributed by atoms with Gasteiger partial charge in [0.1, 0.15) is 0 Å². The number of benzene rings is 2. The summed E-state index contributed by atoms with van der Waals surface area (Å²) in [5, 5.41) is 2.93. The summed E-state index contributed by atoms with van der Waals surface area (Å²) in [6.07, 6.45) is 2.36. The van der Waals surface area contributed by atoms with Gasteiger partial charge in [-0.25, -0.2) is 8.42 Å². The Kier molecular flexibility index (Phi) is 8.62. The van der Waals surface area contributed by atoms with E-state index < -0.39 is 10.0 Å². The van der Waals surface area contributed by atoms with Crippen LogP contribution in [-0.4, -0.2) is 37.8 Å². The Labute approximate surface area is 181 Å². The summed E-state index contributed by atoms with van der Waals surface area (Å²) < 4.78 is 28.5. The van der Waals surface area contributed by atoms with Crippen molar-refractivity contribution in [3.8, 4) is 0 Å². The molecule has 0 heterocycles. The van der Waals surface area contributed by atoms with Gasteiger partial charge in [-0.3, -0.25) is 4.79 Å². The largest absolute Gasteiger partial charge is 0.353 e. The van der Waals surface area contributed by atoms with Gasteiger partial charge in [0.25, 0.3) is 0 Å². The van der Waals surface area contributed by atoms with Crippen LogP contribution in [0.25, 0.3) is 0 Å². The lowest BCUT2D eigenvalue weighted by Crippen LogP contribution is -2.44. The van der Waals surface area contributed by atoms with E-state index in [9.17, 15) is 13.2 Å². The van der Waals surface area contributed by atoms with E-state index in [0.717, 1.165) is 24.0 Å². The molecule has 2 rings (SSSR count). The molecule has 0 aliphatic carbocycles. The zero-order valence-electron chi connectivity index (χ0n) is 18.7. The number of hydrogen-bond donors (Lipinski definition) is 1. The minimum absolute atomic E-state index is 0.0176. The Morgan fingerprint density at radius 1 is 1.07 bits per heavy atom. The minimum Gasteiger partial charge on any atom is -0.353 e. The Morgan fingerprint density at radius 2 is 1.67 bits per heavy atom. The third-order valence-corrected chi connectivity index (χ3v) is 7.30. The Morgan fingerprint density at radius 3 is 2.23 bits per heavy atom. The van der Waals surface area contributed by atoms with Gasteiger partial charge in [0, 0.05) is 12.6 Å². The summed E-state index contributed by atoms with van der Waals surface area (Å²) in [6, 6.07) is 13.5. The second-order valence-electron chi connectivity index (χ2n) is 8.06. The van der Waals surface area contributed by atoms with Crippen molar-refractivity contribution < 1.29 is 13.2 Å². The van der Waals surface area contributed by atoms with E-state index in [1.165, 1.54) is 4.31 Å². The van der Waals surface area contributed by atoms with Crippen molar-refractivity contribution in [1.29, 1.82) is 0 Å². The molecule has 164 valence electrons. The molecule has 1 N–H and O–H groups in total. The van der Waals surface area contributed by atoms with Crippen LogP contribution >= 0.6 is 0 Å². The second kappa shape index (κ2) is 10.7. The summed E-state index contributed by atoms with van der Waals surface area (Å²) in [5.41, 5.74) is 3.47. The first-order chi connectivity index (χ1) is 14.1. The fraction of sp³-hybridized carbons (Fsp3) is 0.458. The van der Waals surface area contributed by atoms with Crippen LogP contribution in [-0.2, 0) is 21.2 Å². The molecule has 30 heavy (non-hydrogen) atoms. The van der Waals surface area contributed by atoms with Crippen molar-refractivity contribution in [2.75, 3.05) is 13.1 Å². The lowest BCUT2D eigenvalue weighted by molar-refractivity contribution is -0.121. The van der Waals surface area contributed by atoms with Crippen LogP contribution in [0, 0.1) is 20.8 Å². The van der Waals surface area contributed by atoms with Crippen LogP contribution in [0.2, 0.25) is 0 Å². The fourth-order valence-electron chi connectivity index (χ4n) is 3.87. The third-order valence-electron chi connectivity index (χ3n) is 5.14. The number of aryl methyl sites for hydroxylation is 3. The molecule has 0 aliphatic heterocycles. The predicted octanol–water partition coefficient (Wildman–Crippen LogP) is 4.15. The Bertz CT molecular complexity index is 933. The summed E-state index contributed by atoms with van der Waals surface area (Å²) in [7, 11) is -3.82. The highest BCUT2D eigenvalue weighted by Crippen LogP contribution is 2.25. The molecular weight excluding hydrogens is 396 g/mol. The molecule has 2 aromatic carbocycles. The van der Waals surface area contributed by atoms with E-state index in [2.05, 4.69) is 12.2 Å². The van der Waals surface area contributed by atoms with Crippen molar-refractivity contribution in [3.63, 3.8) is 0 Å². The number of carbonyl (C=O) groups excluding carboxylic acids is 1. The zero-order chi connectivity index (χ0) is 22.3. The molecule has 0 saturated heterocycles. The molecule has 1 atom stereocenters. The van der Waals surface area contributed by atoms with Crippen LogP contribution in [0.1, 0.15) is 48.9 Å². The summed E-state index contributed by atoms with van der Waals surface area (Å²) in [4.78, 5) is 12.9. The summed E-state index contributed by atoms with van der Waals surface area (Å²) >= 11 is 0. The second-order valence-corrected chi connectivity index (χ2v) is 9.93. The smallest absolute Gasteiger partial charge is 0.244 e. The van der Waals surface area contributed by atoms with Crippen LogP contribution < -0.4 is 5.32 Å². The van der Waals surface area contributed by atoms with Gasteiger partial charge >= 0.3 is 0 Å². The van der Waals surface area contributed by atoms with Gasteiger partial charge < -0.3 is 5.32 Å². The highest BCUT2D eigenvalue weighted by atomic mass is 32.2. The average Bonchev–Trinajstić information content (AvgIpc) is 2.64. The van der Waals surface area contributed by atoms with Gasteiger partial charge in [-0.2, -0.15) is 4.31 Å². The standard InChI is InChI=1S/C24H34N2O3S/c1-6-10-21(5)25-23(27)17-26(14-13-22-11-8-7-9-12-22)30(28,29)24-19(3)15-18(2)16-20(24)4/h7-9,11-12,15-16,21H,6,10,13-14,17H2,1-5H3,(H,25,27)/t21-/m1/s1. The van der Waals surface area contributed by atoms with Crippen molar-refractivity contribution in [3.05, 3.63) is 64.7 Å². The van der Waals surface area contributed by atoms with Crippen LogP contribution in [0.5, 0.6) is 0 Å². The average molecular weight is 431 g/mol. The lowest BCUT2D eigenvalue weighted by Gasteiger charge is -2.25. The first kappa shape index (κ1) is 24.1. The van der Waals surface area contributed by atoms with E-state index in [-0.39, 0.29) is 25.0 Å². The molecule has 0 saturated carbocycles.